The minimum Gasteiger partial charge on any atom is -0.468 e. The molecule has 0 atom stereocenters. The largest absolute Gasteiger partial charge is 0.468 e. The summed E-state index contributed by atoms with van der Waals surface area (Å²) in [6.45, 7) is 4.22. The second kappa shape index (κ2) is 8.97. The third-order valence-corrected chi connectivity index (χ3v) is 5.72. The summed E-state index contributed by atoms with van der Waals surface area (Å²) in [5.41, 5.74) is 4.25. The van der Waals surface area contributed by atoms with Crippen molar-refractivity contribution in [3.8, 4) is 0 Å². The summed E-state index contributed by atoms with van der Waals surface area (Å²) in [6, 6.07) is 14.1. The first-order valence-corrected chi connectivity index (χ1v) is 10.2. The van der Waals surface area contributed by atoms with Gasteiger partial charge in [0.2, 0.25) is 0 Å². The lowest BCUT2D eigenvalue weighted by Gasteiger charge is -2.04. The van der Waals surface area contributed by atoms with Crippen LogP contribution in [0.15, 0.2) is 47.5 Å². The number of methoxy groups -OCH3 is 1. The van der Waals surface area contributed by atoms with E-state index in [0.29, 0.717) is 4.80 Å². The van der Waals surface area contributed by atoms with E-state index in [2.05, 4.69) is 24.9 Å². The molecule has 5 nitrogen and oxygen atoms in total. The van der Waals surface area contributed by atoms with Crippen molar-refractivity contribution in [1.82, 2.24) is 4.57 Å². The number of thiazole rings is 1. The maximum Gasteiger partial charge on any atom is 0.325 e. The standard InChI is InChI=1S/C22H24N2O3S/c1-4-15-6-8-17(9-7-15)13-20(25)23-22-24(14-21(26)27-3)18-11-10-16(5-2)12-19(18)28-22/h6-12H,4-5,13-14H2,1-3H3. The SMILES string of the molecule is CCc1ccc(CC(=O)N=c2sc3cc(CC)ccc3n2CC(=O)OC)cc1. The number of hydrogen-bond donors (Lipinski definition) is 0. The van der Waals surface area contributed by atoms with Crippen molar-refractivity contribution < 1.29 is 14.3 Å². The van der Waals surface area contributed by atoms with Crippen LogP contribution in [0, 0.1) is 0 Å². The van der Waals surface area contributed by atoms with Crippen LogP contribution in [-0.4, -0.2) is 23.6 Å². The van der Waals surface area contributed by atoms with Gasteiger partial charge in [-0.2, -0.15) is 4.99 Å². The first-order chi connectivity index (χ1) is 13.5. The van der Waals surface area contributed by atoms with E-state index in [0.717, 1.165) is 28.6 Å². The molecular weight excluding hydrogens is 372 g/mol. The Balaban J connectivity index is 1.97. The normalized spacial score (nSPS) is 11.8. The van der Waals surface area contributed by atoms with E-state index in [9.17, 15) is 9.59 Å². The zero-order valence-corrected chi connectivity index (χ0v) is 17.2. The molecule has 0 saturated carbocycles. The molecule has 0 fully saturated rings. The first kappa shape index (κ1) is 20.0. The van der Waals surface area contributed by atoms with Gasteiger partial charge in [-0.05, 0) is 41.7 Å². The van der Waals surface area contributed by atoms with Crippen LogP contribution >= 0.6 is 11.3 Å². The highest BCUT2D eigenvalue weighted by Gasteiger charge is 2.12. The van der Waals surface area contributed by atoms with E-state index < -0.39 is 0 Å². The lowest BCUT2D eigenvalue weighted by Crippen LogP contribution is -2.22. The highest BCUT2D eigenvalue weighted by atomic mass is 32.1. The van der Waals surface area contributed by atoms with E-state index >= 15 is 0 Å². The van der Waals surface area contributed by atoms with Crippen molar-refractivity contribution in [2.45, 2.75) is 39.7 Å². The molecule has 3 aromatic rings. The van der Waals surface area contributed by atoms with E-state index in [1.807, 2.05) is 36.4 Å². The number of aryl methyl sites for hydroxylation is 2. The zero-order chi connectivity index (χ0) is 20.1. The number of aromatic nitrogens is 1. The van der Waals surface area contributed by atoms with Crippen LogP contribution < -0.4 is 4.80 Å². The molecule has 1 amide bonds. The summed E-state index contributed by atoms with van der Waals surface area (Å²) in [5, 5.41) is 0. The fraction of sp³-hybridized carbons (Fsp3) is 0.318. The highest BCUT2D eigenvalue weighted by molar-refractivity contribution is 7.16. The van der Waals surface area contributed by atoms with Gasteiger partial charge in [0, 0.05) is 0 Å². The number of nitrogens with zero attached hydrogens (tertiary/aromatic N) is 2. The molecule has 3 rings (SSSR count). The van der Waals surface area contributed by atoms with Gasteiger partial charge in [0.25, 0.3) is 5.91 Å². The third kappa shape index (κ3) is 4.57. The number of fused-ring (bicyclic) bond motifs is 1. The van der Waals surface area contributed by atoms with Gasteiger partial charge in [0.05, 0.1) is 23.7 Å². The van der Waals surface area contributed by atoms with Gasteiger partial charge in [-0.1, -0.05) is 55.5 Å². The van der Waals surface area contributed by atoms with E-state index in [1.165, 1.54) is 29.6 Å². The lowest BCUT2D eigenvalue weighted by atomic mass is 10.1. The smallest absolute Gasteiger partial charge is 0.325 e. The second-order valence-corrected chi connectivity index (χ2v) is 7.56. The predicted octanol–water partition coefficient (Wildman–Crippen LogP) is 3.67. The Morgan fingerprint density at radius 2 is 1.64 bits per heavy atom. The monoisotopic (exact) mass is 396 g/mol. The number of carbonyl (C=O) groups excluding carboxylic acids is 2. The number of amides is 1. The molecule has 6 heteroatoms. The van der Waals surface area contributed by atoms with Gasteiger partial charge in [-0.3, -0.25) is 9.59 Å². The summed E-state index contributed by atoms with van der Waals surface area (Å²) >= 11 is 1.42. The average molecular weight is 397 g/mol. The van der Waals surface area contributed by atoms with Crippen molar-refractivity contribution in [2.24, 2.45) is 4.99 Å². The van der Waals surface area contributed by atoms with Gasteiger partial charge in [-0.25, -0.2) is 0 Å². The summed E-state index contributed by atoms with van der Waals surface area (Å²) in [7, 11) is 1.36. The molecule has 28 heavy (non-hydrogen) atoms. The Kier molecular flexibility index (Phi) is 6.41. The minimum atomic E-state index is -0.372. The molecule has 0 saturated heterocycles. The fourth-order valence-corrected chi connectivity index (χ4v) is 4.09. The average Bonchev–Trinajstić information content (AvgIpc) is 3.04. The zero-order valence-electron chi connectivity index (χ0n) is 16.4. The first-order valence-electron chi connectivity index (χ1n) is 9.38. The molecule has 146 valence electrons. The summed E-state index contributed by atoms with van der Waals surface area (Å²) in [6.07, 6.45) is 2.12. The van der Waals surface area contributed by atoms with Crippen LogP contribution in [0.25, 0.3) is 10.2 Å². The van der Waals surface area contributed by atoms with Crippen LogP contribution in [0.5, 0.6) is 0 Å². The third-order valence-electron chi connectivity index (χ3n) is 4.68. The Hall–Kier alpha value is -2.73. The van der Waals surface area contributed by atoms with Gasteiger partial charge < -0.3 is 9.30 Å². The Bertz CT molecular complexity index is 1060. The summed E-state index contributed by atoms with van der Waals surface area (Å²) in [4.78, 5) is 29.3. The molecule has 0 radical (unpaired) electrons. The minimum absolute atomic E-state index is 0.0271. The molecule has 0 unspecified atom stereocenters. The number of hydrogen-bond acceptors (Lipinski definition) is 4. The van der Waals surface area contributed by atoms with Gasteiger partial charge in [0.1, 0.15) is 6.54 Å². The Morgan fingerprint density at radius 1 is 1.00 bits per heavy atom. The van der Waals surface area contributed by atoms with Gasteiger partial charge >= 0.3 is 5.97 Å². The van der Waals surface area contributed by atoms with Crippen molar-refractivity contribution >= 4 is 33.4 Å². The number of benzene rings is 2. The molecule has 0 aliphatic rings. The van der Waals surface area contributed by atoms with Crippen molar-refractivity contribution in [3.05, 3.63) is 64.0 Å². The topological polar surface area (TPSA) is 60.7 Å². The molecule has 0 aliphatic carbocycles. The van der Waals surface area contributed by atoms with Gasteiger partial charge in [0.15, 0.2) is 4.80 Å². The van der Waals surface area contributed by atoms with E-state index in [1.54, 1.807) is 4.57 Å². The van der Waals surface area contributed by atoms with Crippen molar-refractivity contribution in [2.75, 3.05) is 7.11 Å². The maximum atomic E-state index is 12.6. The summed E-state index contributed by atoms with van der Waals surface area (Å²) < 4.78 is 7.57. The highest BCUT2D eigenvalue weighted by Crippen LogP contribution is 2.20. The molecular formula is C22H24N2O3S. The van der Waals surface area contributed by atoms with Crippen LogP contribution in [0.3, 0.4) is 0 Å². The Morgan fingerprint density at radius 3 is 2.29 bits per heavy atom. The van der Waals surface area contributed by atoms with Crippen LogP contribution in [-0.2, 0) is 40.1 Å². The number of carbonyl (C=O) groups is 2. The molecule has 2 aromatic carbocycles. The number of esters is 1. The lowest BCUT2D eigenvalue weighted by molar-refractivity contribution is -0.141. The molecule has 0 aliphatic heterocycles. The predicted molar refractivity (Wildman–Crippen MR) is 111 cm³/mol. The summed E-state index contributed by atoms with van der Waals surface area (Å²) in [5.74, 6) is -0.603. The van der Waals surface area contributed by atoms with Crippen molar-refractivity contribution in [3.63, 3.8) is 0 Å². The van der Waals surface area contributed by atoms with E-state index in [4.69, 9.17) is 4.74 Å². The quantitative estimate of drug-likeness (QED) is 0.597. The van der Waals surface area contributed by atoms with Crippen LogP contribution in [0.1, 0.15) is 30.5 Å². The molecule has 1 heterocycles. The Labute approximate surface area is 168 Å². The fourth-order valence-electron chi connectivity index (χ4n) is 2.98. The van der Waals surface area contributed by atoms with Crippen molar-refractivity contribution in [1.29, 1.82) is 0 Å². The molecule has 1 aromatic heterocycles. The molecule has 0 bridgehead atoms. The van der Waals surface area contributed by atoms with Crippen LogP contribution in [0.2, 0.25) is 0 Å². The molecule has 0 N–H and O–H groups in total. The second-order valence-electron chi connectivity index (χ2n) is 6.55. The maximum absolute atomic E-state index is 12.6. The van der Waals surface area contributed by atoms with E-state index in [-0.39, 0.29) is 24.8 Å². The number of ether oxygens (including phenoxy) is 1. The molecule has 0 spiro atoms. The number of rotatable bonds is 6. The van der Waals surface area contributed by atoms with Gasteiger partial charge in [-0.15, -0.1) is 0 Å². The van der Waals surface area contributed by atoms with Crippen LogP contribution in [0.4, 0.5) is 0 Å².